The molecule has 1 heterocycles. The molecule has 3 rings (SSSR count). The second kappa shape index (κ2) is 6.62. The van der Waals surface area contributed by atoms with Gasteiger partial charge in [0.2, 0.25) is 0 Å². The van der Waals surface area contributed by atoms with Gasteiger partial charge in [-0.1, -0.05) is 6.07 Å². The van der Waals surface area contributed by atoms with Gasteiger partial charge >= 0.3 is 12.3 Å². The zero-order valence-electron chi connectivity index (χ0n) is 13.1. The number of anilines is 2. The quantitative estimate of drug-likeness (QED) is 0.858. The maximum Gasteiger partial charge on any atom is 0.573 e. The Morgan fingerprint density at radius 1 is 1.20 bits per heavy atom. The van der Waals surface area contributed by atoms with Crippen LogP contribution in [-0.2, 0) is 12.8 Å². The Hall–Kier alpha value is -2.77. The Kier molecular flexibility index (Phi) is 4.52. The number of carbonyl (C=O) groups is 1. The molecule has 8 heteroatoms. The number of benzene rings is 1. The number of nitrogens with one attached hydrogen (secondary N) is 1. The smallest absolute Gasteiger partial charge is 0.478 e. The predicted molar refractivity (Wildman–Crippen MR) is 84.2 cm³/mol. The van der Waals surface area contributed by atoms with Crippen molar-refractivity contribution < 1.29 is 27.8 Å². The van der Waals surface area contributed by atoms with Crippen molar-refractivity contribution in [2.75, 3.05) is 5.32 Å². The number of pyridine rings is 1. The molecule has 1 aromatic heterocycles. The van der Waals surface area contributed by atoms with E-state index in [4.69, 9.17) is 0 Å². The minimum Gasteiger partial charge on any atom is -0.478 e. The van der Waals surface area contributed by atoms with E-state index < -0.39 is 12.3 Å². The van der Waals surface area contributed by atoms with Crippen molar-refractivity contribution in [3.63, 3.8) is 0 Å². The lowest BCUT2D eigenvalue weighted by atomic mass is 9.89. The van der Waals surface area contributed by atoms with Gasteiger partial charge in [0.25, 0.3) is 0 Å². The number of ether oxygens (including phenoxy) is 1. The van der Waals surface area contributed by atoms with Gasteiger partial charge < -0.3 is 15.2 Å². The van der Waals surface area contributed by atoms with Crippen LogP contribution in [0.2, 0.25) is 0 Å². The maximum atomic E-state index is 12.3. The van der Waals surface area contributed by atoms with Crippen LogP contribution in [0, 0.1) is 0 Å². The number of rotatable bonds is 4. The number of halogens is 3. The molecule has 0 radical (unpaired) electrons. The molecule has 0 aliphatic heterocycles. The normalized spacial score (nSPS) is 13.9. The third kappa shape index (κ3) is 4.01. The number of hydrogen-bond acceptors (Lipinski definition) is 4. The first-order valence-corrected chi connectivity index (χ1v) is 7.70. The highest BCUT2D eigenvalue weighted by Gasteiger charge is 2.31. The molecule has 0 unspecified atom stereocenters. The Morgan fingerprint density at radius 3 is 2.60 bits per heavy atom. The minimum absolute atomic E-state index is 0.175. The molecule has 0 amide bonds. The molecule has 0 saturated carbocycles. The van der Waals surface area contributed by atoms with Crippen LogP contribution in [0.4, 0.5) is 24.7 Å². The first-order chi connectivity index (χ1) is 11.8. The topological polar surface area (TPSA) is 71.5 Å². The van der Waals surface area contributed by atoms with Gasteiger partial charge in [0.05, 0.1) is 5.56 Å². The zero-order valence-corrected chi connectivity index (χ0v) is 13.1. The summed E-state index contributed by atoms with van der Waals surface area (Å²) in [4.78, 5) is 15.5. The summed E-state index contributed by atoms with van der Waals surface area (Å²) in [5.41, 5.74) is 2.09. The predicted octanol–water partition coefficient (Wildman–Crippen LogP) is 4.30. The number of fused-ring (bicyclic) bond motifs is 1. The van der Waals surface area contributed by atoms with Crippen molar-refractivity contribution in [1.29, 1.82) is 0 Å². The minimum atomic E-state index is -4.76. The fraction of sp³-hybridized carbons (Fsp3) is 0.294. The highest BCUT2D eigenvalue weighted by atomic mass is 19.4. The average molecular weight is 352 g/mol. The van der Waals surface area contributed by atoms with E-state index in [-0.39, 0.29) is 11.3 Å². The lowest BCUT2D eigenvalue weighted by Crippen LogP contribution is -2.17. The monoisotopic (exact) mass is 352 g/mol. The number of alkyl halides is 3. The number of aromatic nitrogens is 1. The third-order valence-corrected chi connectivity index (χ3v) is 3.96. The Bertz CT molecular complexity index is 806. The van der Waals surface area contributed by atoms with Crippen molar-refractivity contribution in [3.8, 4) is 5.75 Å². The van der Waals surface area contributed by atoms with E-state index >= 15 is 0 Å². The van der Waals surface area contributed by atoms with Gasteiger partial charge in [-0.3, -0.25) is 0 Å². The summed E-state index contributed by atoms with van der Waals surface area (Å²) >= 11 is 0. The second-order valence-corrected chi connectivity index (χ2v) is 5.69. The molecule has 0 fully saturated rings. The SMILES string of the molecule is O=C(O)c1cnc(Nc2cccc(OC(F)(F)F)c2)c2c1CCCC2. The third-order valence-electron chi connectivity index (χ3n) is 3.96. The molecular weight excluding hydrogens is 337 g/mol. The Labute approximate surface area is 141 Å². The maximum absolute atomic E-state index is 12.3. The first kappa shape index (κ1) is 17.1. The molecule has 1 aliphatic carbocycles. The van der Waals surface area contributed by atoms with Crippen LogP contribution in [0.15, 0.2) is 30.5 Å². The van der Waals surface area contributed by atoms with Gasteiger partial charge in [0.15, 0.2) is 0 Å². The average Bonchev–Trinajstić information content (AvgIpc) is 2.53. The van der Waals surface area contributed by atoms with Gasteiger partial charge in [-0.05, 0) is 48.9 Å². The molecule has 132 valence electrons. The summed E-state index contributed by atoms with van der Waals surface area (Å²) in [6.07, 6.45) is -0.366. The van der Waals surface area contributed by atoms with E-state index in [1.165, 1.54) is 24.4 Å². The van der Waals surface area contributed by atoms with Gasteiger partial charge in [0.1, 0.15) is 11.6 Å². The summed E-state index contributed by atoms with van der Waals surface area (Å²) in [5.74, 6) is -0.907. The fourth-order valence-electron chi connectivity index (χ4n) is 2.95. The van der Waals surface area contributed by atoms with Crippen LogP contribution < -0.4 is 10.1 Å². The van der Waals surface area contributed by atoms with Gasteiger partial charge in [-0.2, -0.15) is 0 Å². The van der Waals surface area contributed by atoms with E-state index in [0.717, 1.165) is 24.0 Å². The van der Waals surface area contributed by atoms with E-state index in [0.29, 0.717) is 24.3 Å². The van der Waals surface area contributed by atoms with E-state index in [1.54, 1.807) is 6.07 Å². The highest BCUT2D eigenvalue weighted by Crippen LogP contribution is 2.32. The van der Waals surface area contributed by atoms with Crippen LogP contribution in [0.3, 0.4) is 0 Å². The Balaban J connectivity index is 1.91. The molecule has 0 spiro atoms. The van der Waals surface area contributed by atoms with Crippen LogP contribution in [0.25, 0.3) is 0 Å². The van der Waals surface area contributed by atoms with Crippen LogP contribution in [-0.4, -0.2) is 22.4 Å². The molecule has 1 aliphatic rings. The highest BCUT2D eigenvalue weighted by molar-refractivity contribution is 5.90. The number of aromatic carboxylic acids is 1. The van der Waals surface area contributed by atoms with Gasteiger partial charge in [-0.25, -0.2) is 9.78 Å². The summed E-state index contributed by atoms with van der Waals surface area (Å²) in [6.45, 7) is 0. The lowest BCUT2D eigenvalue weighted by Gasteiger charge is -2.21. The van der Waals surface area contributed by atoms with Crippen LogP contribution in [0.1, 0.15) is 34.3 Å². The molecule has 0 saturated heterocycles. The van der Waals surface area contributed by atoms with Crippen molar-refractivity contribution in [2.24, 2.45) is 0 Å². The van der Waals surface area contributed by atoms with Crippen molar-refractivity contribution in [3.05, 3.63) is 47.2 Å². The molecular formula is C17H15F3N2O3. The molecule has 25 heavy (non-hydrogen) atoms. The van der Waals surface area contributed by atoms with E-state index in [2.05, 4.69) is 15.0 Å². The standard InChI is InChI=1S/C17H15F3N2O3/c18-17(19,20)25-11-5-3-4-10(8-11)22-15-13-7-2-1-6-12(13)14(9-21-15)16(23)24/h3-5,8-9H,1-2,6-7H2,(H,21,22)(H,23,24). The van der Waals surface area contributed by atoms with E-state index in [9.17, 15) is 23.1 Å². The number of hydrogen-bond donors (Lipinski definition) is 2. The second-order valence-electron chi connectivity index (χ2n) is 5.69. The summed E-state index contributed by atoms with van der Waals surface area (Å²) < 4.78 is 40.9. The van der Waals surface area contributed by atoms with E-state index in [1.807, 2.05) is 0 Å². The molecule has 5 nitrogen and oxygen atoms in total. The molecule has 2 N–H and O–H groups in total. The summed E-state index contributed by atoms with van der Waals surface area (Å²) in [5, 5.41) is 12.3. The number of nitrogens with zero attached hydrogens (tertiary/aromatic N) is 1. The summed E-state index contributed by atoms with van der Waals surface area (Å²) in [6, 6.07) is 5.44. The van der Waals surface area contributed by atoms with Crippen molar-refractivity contribution in [2.45, 2.75) is 32.0 Å². The van der Waals surface area contributed by atoms with Gasteiger partial charge in [-0.15, -0.1) is 13.2 Å². The Morgan fingerprint density at radius 2 is 1.92 bits per heavy atom. The summed E-state index contributed by atoms with van der Waals surface area (Å²) in [7, 11) is 0. The number of carboxylic acids is 1. The number of carboxylic acid groups (broad SMARTS) is 1. The molecule has 0 bridgehead atoms. The zero-order chi connectivity index (χ0) is 18.0. The van der Waals surface area contributed by atoms with Crippen molar-refractivity contribution in [1.82, 2.24) is 4.98 Å². The lowest BCUT2D eigenvalue weighted by molar-refractivity contribution is -0.274. The molecule has 1 aromatic carbocycles. The van der Waals surface area contributed by atoms with Crippen LogP contribution in [0.5, 0.6) is 5.75 Å². The largest absolute Gasteiger partial charge is 0.573 e. The fourth-order valence-corrected chi connectivity index (χ4v) is 2.95. The van der Waals surface area contributed by atoms with Crippen molar-refractivity contribution >= 4 is 17.5 Å². The first-order valence-electron chi connectivity index (χ1n) is 7.70. The molecule has 2 aromatic rings. The van der Waals surface area contributed by atoms with Crippen LogP contribution >= 0.6 is 0 Å². The molecule has 0 atom stereocenters. The van der Waals surface area contributed by atoms with Gasteiger partial charge in [0, 0.05) is 18.0 Å².